The highest BCUT2D eigenvalue weighted by atomic mass is 16.5. The van der Waals surface area contributed by atoms with Crippen LogP contribution in [0, 0.1) is 0 Å². The lowest BCUT2D eigenvalue weighted by atomic mass is 10.1. The van der Waals surface area contributed by atoms with Crippen LogP contribution in [0.4, 0.5) is 0 Å². The molecule has 2 saturated heterocycles. The van der Waals surface area contributed by atoms with Gasteiger partial charge in [-0.15, -0.1) is 0 Å². The lowest BCUT2D eigenvalue weighted by Crippen LogP contribution is -2.53. The second-order valence-electron chi connectivity index (χ2n) is 8.10. The molecule has 2 unspecified atom stereocenters. The Labute approximate surface area is 185 Å². The Kier molecular flexibility index (Phi) is 7.93. The van der Waals surface area contributed by atoms with Crippen LogP contribution in [0.1, 0.15) is 29.5 Å². The van der Waals surface area contributed by atoms with Crippen LogP contribution in [0.3, 0.4) is 0 Å². The molecule has 0 saturated carbocycles. The van der Waals surface area contributed by atoms with Crippen molar-refractivity contribution in [2.45, 2.75) is 44.8 Å². The third kappa shape index (κ3) is 6.29. The zero-order valence-electron chi connectivity index (χ0n) is 18.3. The molecule has 166 valence electrons. The number of hydrogen-bond acceptors (Lipinski definition) is 4. The molecule has 0 aromatic heterocycles. The van der Waals surface area contributed by atoms with Crippen LogP contribution in [0.2, 0.25) is 0 Å². The molecule has 6 heteroatoms. The first kappa shape index (κ1) is 21.8. The van der Waals surface area contributed by atoms with Gasteiger partial charge in [0.2, 0.25) is 0 Å². The first-order chi connectivity index (χ1) is 15.3. The Bertz CT molecular complexity index is 820. The topological polar surface area (TPSA) is 55.3 Å². The molecular formula is C25H33N3O3. The summed E-state index contributed by atoms with van der Waals surface area (Å²) in [7, 11) is 1.84. The van der Waals surface area contributed by atoms with Gasteiger partial charge < -0.3 is 24.4 Å². The minimum Gasteiger partial charge on any atom is -0.375 e. The van der Waals surface area contributed by atoms with Gasteiger partial charge in [0.25, 0.3) is 0 Å². The number of ether oxygens (including phenoxy) is 3. The van der Waals surface area contributed by atoms with Crippen molar-refractivity contribution in [2.24, 2.45) is 4.99 Å². The van der Waals surface area contributed by atoms with Gasteiger partial charge in [0.15, 0.2) is 5.96 Å². The Morgan fingerprint density at radius 1 is 0.968 bits per heavy atom. The van der Waals surface area contributed by atoms with Crippen LogP contribution >= 0.6 is 0 Å². The molecule has 0 spiro atoms. The van der Waals surface area contributed by atoms with Crippen molar-refractivity contribution in [1.82, 2.24) is 10.2 Å². The molecule has 2 aliphatic rings. The van der Waals surface area contributed by atoms with Crippen LogP contribution < -0.4 is 5.32 Å². The number of nitrogens with zero attached hydrogens (tertiary/aromatic N) is 2. The molecular weight excluding hydrogens is 390 g/mol. The fourth-order valence-electron chi connectivity index (χ4n) is 4.12. The van der Waals surface area contributed by atoms with Gasteiger partial charge in [-0.25, -0.2) is 0 Å². The van der Waals surface area contributed by atoms with Gasteiger partial charge in [-0.05, 0) is 29.5 Å². The minimum atomic E-state index is 0.130. The van der Waals surface area contributed by atoms with E-state index in [1.165, 1.54) is 16.7 Å². The maximum absolute atomic E-state index is 5.96. The molecule has 0 bridgehead atoms. The molecule has 0 radical (unpaired) electrons. The average molecular weight is 424 g/mol. The van der Waals surface area contributed by atoms with E-state index in [1.807, 2.05) is 25.2 Å². The fourth-order valence-corrected chi connectivity index (χ4v) is 4.12. The van der Waals surface area contributed by atoms with E-state index in [9.17, 15) is 0 Å². The van der Waals surface area contributed by atoms with Gasteiger partial charge in [-0.1, -0.05) is 54.6 Å². The Morgan fingerprint density at radius 2 is 1.68 bits per heavy atom. The molecule has 2 atom stereocenters. The maximum Gasteiger partial charge on any atom is 0.194 e. The molecule has 2 aliphatic heterocycles. The summed E-state index contributed by atoms with van der Waals surface area (Å²) in [5.41, 5.74) is 3.59. The lowest BCUT2D eigenvalue weighted by molar-refractivity contribution is -0.0817. The SMILES string of the molecule is CN=C(NCc1ccc(COCc2ccccc2)cc1)N1CCOC(C2CCCO2)C1. The van der Waals surface area contributed by atoms with Crippen LogP contribution in [-0.2, 0) is 34.0 Å². The summed E-state index contributed by atoms with van der Waals surface area (Å²) in [6.07, 6.45) is 2.57. The van der Waals surface area contributed by atoms with E-state index in [2.05, 4.69) is 51.6 Å². The molecule has 2 fully saturated rings. The highest BCUT2D eigenvalue weighted by molar-refractivity contribution is 5.80. The van der Waals surface area contributed by atoms with E-state index >= 15 is 0 Å². The number of nitrogens with one attached hydrogen (secondary N) is 1. The van der Waals surface area contributed by atoms with Gasteiger partial charge in [0.1, 0.15) is 6.10 Å². The van der Waals surface area contributed by atoms with E-state index in [4.69, 9.17) is 14.2 Å². The summed E-state index contributed by atoms with van der Waals surface area (Å²) >= 11 is 0. The summed E-state index contributed by atoms with van der Waals surface area (Å²) in [4.78, 5) is 6.77. The van der Waals surface area contributed by atoms with Crippen molar-refractivity contribution < 1.29 is 14.2 Å². The maximum atomic E-state index is 5.96. The highest BCUT2D eigenvalue weighted by Crippen LogP contribution is 2.21. The quantitative estimate of drug-likeness (QED) is 0.547. The summed E-state index contributed by atoms with van der Waals surface area (Å²) in [5, 5.41) is 3.50. The zero-order chi connectivity index (χ0) is 21.3. The summed E-state index contributed by atoms with van der Waals surface area (Å²) in [6.45, 7) is 5.21. The number of guanidine groups is 1. The van der Waals surface area contributed by atoms with Gasteiger partial charge in [-0.2, -0.15) is 0 Å². The van der Waals surface area contributed by atoms with E-state index in [1.54, 1.807) is 0 Å². The van der Waals surface area contributed by atoms with Crippen molar-refractivity contribution >= 4 is 5.96 Å². The number of hydrogen-bond donors (Lipinski definition) is 1. The molecule has 2 aromatic rings. The van der Waals surface area contributed by atoms with Gasteiger partial charge >= 0.3 is 0 Å². The number of benzene rings is 2. The minimum absolute atomic E-state index is 0.130. The predicted molar refractivity (Wildman–Crippen MR) is 122 cm³/mol. The van der Waals surface area contributed by atoms with E-state index < -0.39 is 0 Å². The van der Waals surface area contributed by atoms with Crippen molar-refractivity contribution in [3.05, 3.63) is 71.3 Å². The Balaban J connectivity index is 1.23. The highest BCUT2D eigenvalue weighted by Gasteiger charge is 2.32. The van der Waals surface area contributed by atoms with Crippen LogP contribution in [-0.4, -0.2) is 56.4 Å². The first-order valence-electron chi connectivity index (χ1n) is 11.2. The van der Waals surface area contributed by atoms with E-state index in [0.717, 1.165) is 45.0 Å². The zero-order valence-corrected chi connectivity index (χ0v) is 18.3. The number of rotatable bonds is 7. The normalized spacial score (nSPS) is 22.0. The standard InChI is InChI=1S/C25H33N3O3/c1-26-25(28-13-15-31-24(17-28)23-8-5-14-30-23)27-16-20-9-11-22(12-10-20)19-29-18-21-6-3-2-4-7-21/h2-4,6-7,9-12,23-24H,5,8,13-19H2,1H3,(H,26,27). The summed E-state index contributed by atoms with van der Waals surface area (Å²) < 4.78 is 17.6. The number of aliphatic imine (C=N–C) groups is 1. The largest absolute Gasteiger partial charge is 0.375 e. The molecule has 6 nitrogen and oxygen atoms in total. The molecule has 31 heavy (non-hydrogen) atoms. The van der Waals surface area contributed by atoms with Gasteiger partial charge in [0.05, 0.1) is 25.9 Å². The third-order valence-electron chi connectivity index (χ3n) is 5.84. The molecule has 2 aromatic carbocycles. The molecule has 4 rings (SSSR count). The summed E-state index contributed by atoms with van der Waals surface area (Å²) in [5.74, 6) is 0.918. The van der Waals surface area contributed by atoms with Crippen molar-refractivity contribution in [2.75, 3.05) is 33.4 Å². The Morgan fingerprint density at radius 3 is 2.39 bits per heavy atom. The Hall–Kier alpha value is -2.41. The van der Waals surface area contributed by atoms with Crippen LogP contribution in [0.25, 0.3) is 0 Å². The van der Waals surface area contributed by atoms with Crippen LogP contribution in [0.15, 0.2) is 59.6 Å². The molecule has 2 heterocycles. The van der Waals surface area contributed by atoms with Crippen LogP contribution in [0.5, 0.6) is 0 Å². The molecule has 0 amide bonds. The second kappa shape index (κ2) is 11.3. The van der Waals surface area contributed by atoms with Gasteiger partial charge in [0, 0.05) is 33.3 Å². The van der Waals surface area contributed by atoms with Gasteiger partial charge in [-0.3, -0.25) is 4.99 Å². The smallest absolute Gasteiger partial charge is 0.194 e. The van der Waals surface area contributed by atoms with Crippen molar-refractivity contribution in [1.29, 1.82) is 0 Å². The van der Waals surface area contributed by atoms with Crippen molar-refractivity contribution in [3.63, 3.8) is 0 Å². The number of morpholine rings is 1. The molecule has 1 N–H and O–H groups in total. The van der Waals surface area contributed by atoms with E-state index in [-0.39, 0.29) is 12.2 Å². The second-order valence-corrected chi connectivity index (χ2v) is 8.10. The fraction of sp³-hybridized carbons (Fsp3) is 0.480. The summed E-state index contributed by atoms with van der Waals surface area (Å²) in [6, 6.07) is 18.8. The lowest BCUT2D eigenvalue weighted by Gasteiger charge is -2.37. The average Bonchev–Trinajstić information content (AvgIpc) is 3.37. The molecule has 0 aliphatic carbocycles. The predicted octanol–water partition coefficient (Wildman–Crippen LogP) is 3.36. The third-order valence-corrected chi connectivity index (χ3v) is 5.84. The van der Waals surface area contributed by atoms with E-state index in [0.29, 0.717) is 19.8 Å². The first-order valence-corrected chi connectivity index (χ1v) is 11.2. The monoisotopic (exact) mass is 423 g/mol. The van der Waals surface area contributed by atoms with Crippen molar-refractivity contribution in [3.8, 4) is 0 Å².